The second kappa shape index (κ2) is 17.1. The minimum Gasteiger partial charge on any atom is -0.507 e. The Kier molecular flexibility index (Phi) is 11.2. The highest BCUT2D eigenvalue weighted by atomic mass is 19.1. The minimum atomic E-state index is -1.36. The summed E-state index contributed by atoms with van der Waals surface area (Å²) in [4.78, 5) is 50.7. The molecule has 0 spiro atoms. The maximum Gasteiger partial charge on any atom is 0.328 e. The molecule has 1 saturated carbocycles. The number of amides is 4. The molecule has 4 aliphatic heterocycles. The number of imide groups is 1. The van der Waals surface area contributed by atoms with Crippen molar-refractivity contribution in [3.63, 3.8) is 0 Å². The smallest absolute Gasteiger partial charge is 0.328 e. The summed E-state index contributed by atoms with van der Waals surface area (Å²) in [7, 11) is 1.71. The van der Waals surface area contributed by atoms with E-state index in [1.165, 1.54) is 5.56 Å². The molecule has 4 saturated heterocycles. The number of aromatic hydroxyl groups is 1. The number of pyridine rings is 1. The lowest BCUT2D eigenvalue weighted by atomic mass is 9.88. The lowest BCUT2D eigenvalue weighted by Crippen LogP contribution is -2.51. The lowest BCUT2D eigenvalue weighted by Gasteiger charge is -2.41. The first-order valence-electron chi connectivity index (χ1n) is 22.6. The molecule has 0 radical (unpaired) electrons. The highest BCUT2D eigenvalue weighted by molar-refractivity contribution is 6.06. The highest BCUT2D eigenvalue weighted by Crippen LogP contribution is 2.46. The van der Waals surface area contributed by atoms with Crippen molar-refractivity contribution in [1.82, 2.24) is 34.9 Å². The second-order valence-electron chi connectivity index (χ2n) is 18.4. The monoisotopic (exact) mass is 870 g/mol. The number of aromatic nitrogens is 4. The maximum absolute atomic E-state index is 16.5. The van der Waals surface area contributed by atoms with Crippen molar-refractivity contribution < 1.29 is 28.6 Å². The van der Waals surface area contributed by atoms with Crippen molar-refractivity contribution in [2.24, 2.45) is 0 Å². The molecule has 4 N–H and O–H groups in total. The SMILES string of the molecule is CO[C@@H]1C[C@H](c2ccc(C(=O)N3CCC(F)(CN4CCC(n5cc(C6CC6)c6cc(N7CCC(=O)NC7=O)cnc65)CC4)CC3)cc2)CN(c2cc(-c3ccccc3O)nnc2N)C1. The molecule has 5 aromatic rings. The number of benzene rings is 2. The van der Waals surface area contributed by atoms with E-state index in [4.69, 9.17) is 15.5 Å². The summed E-state index contributed by atoms with van der Waals surface area (Å²) in [6.07, 6.45) is 9.61. The van der Waals surface area contributed by atoms with Crippen molar-refractivity contribution in [2.45, 2.75) is 81.0 Å². The summed E-state index contributed by atoms with van der Waals surface area (Å²) in [5.74, 6) is 0.651. The molecule has 15 nitrogen and oxygen atoms in total. The van der Waals surface area contributed by atoms with Crippen LogP contribution in [0.15, 0.2) is 73.1 Å². The molecular formula is C48H55FN10O5. The molecule has 0 unspecified atom stereocenters. The van der Waals surface area contributed by atoms with E-state index in [1.807, 2.05) is 42.5 Å². The van der Waals surface area contributed by atoms with Gasteiger partial charge in [0.25, 0.3) is 5.91 Å². The molecular weight excluding hydrogens is 816 g/mol. The summed E-state index contributed by atoms with van der Waals surface area (Å²) in [5, 5.41) is 22.4. The zero-order valence-electron chi connectivity index (χ0n) is 36.2. The van der Waals surface area contributed by atoms with Gasteiger partial charge < -0.3 is 34.8 Å². The Labute approximate surface area is 371 Å². The van der Waals surface area contributed by atoms with E-state index >= 15 is 4.39 Å². The number of phenols is 1. The third-order valence-electron chi connectivity index (χ3n) is 14.2. The lowest BCUT2D eigenvalue weighted by molar-refractivity contribution is -0.120. The van der Waals surface area contributed by atoms with Gasteiger partial charge in [0.05, 0.1) is 29.4 Å². The van der Waals surface area contributed by atoms with E-state index in [1.54, 1.807) is 41.3 Å². The zero-order valence-corrected chi connectivity index (χ0v) is 36.2. The van der Waals surface area contributed by atoms with Gasteiger partial charge in [-0.05, 0) is 85.5 Å². The molecule has 16 heteroatoms. The number of likely N-dealkylation sites (tertiary alicyclic amines) is 2. The molecule has 64 heavy (non-hydrogen) atoms. The summed E-state index contributed by atoms with van der Waals surface area (Å²) in [6.45, 7) is 4.25. The number of nitrogens with zero attached hydrogens (tertiary/aromatic N) is 8. The Bertz CT molecular complexity index is 2570. The number of nitrogens with one attached hydrogen (secondary N) is 1. The summed E-state index contributed by atoms with van der Waals surface area (Å²) in [6, 6.07) is 18.5. The zero-order chi connectivity index (χ0) is 44.1. The fourth-order valence-electron chi connectivity index (χ4n) is 10.3. The van der Waals surface area contributed by atoms with Crippen LogP contribution in [0.4, 0.5) is 26.4 Å². The van der Waals surface area contributed by atoms with Crippen LogP contribution in [0.3, 0.4) is 0 Å². The van der Waals surface area contributed by atoms with E-state index in [2.05, 4.69) is 36.1 Å². The molecule has 5 aliphatic rings. The molecule has 0 bridgehead atoms. The van der Waals surface area contributed by atoms with E-state index in [-0.39, 0.29) is 42.0 Å². The topological polar surface area (TPSA) is 175 Å². The van der Waals surface area contributed by atoms with Gasteiger partial charge in [0, 0.05) is 113 Å². The Morgan fingerprint density at radius 2 is 1.72 bits per heavy atom. The average Bonchev–Trinajstić information content (AvgIpc) is 4.09. The molecule has 2 aromatic carbocycles. The highest BCUT2D eigenvalue weighted by Gasteiger charge is 2.39. The van der Waals surface area contributed by atoms with Crippen LogP contribution in [0, 0.1) is 0 Å². The van der Waals surface area contributed by atoms with Crippen LogP contribution in [0.1, 0.15) is 90.7 Å². The third kappa shape index (κ3) is 8.36. The number of methoxy groups -OCH3 is 1. The van der Waals surface area contributed by atoms with Crippen molar-refractivity contribution in [2.75, 3.05) is 75.0 Å². The van der Waals surface area contributed by atoms with Crippen LogP contribution in [0.25, 0.3) is 22.3 Å². The van der Waals surface area contributed by atoms with Crippen LogP contribution in [-0.2, 0) is 9.53 Å². The number of rotatable bonds is 10. The first-order chi connectivity index (χ1) is 31.0. The van der Waals surface area contributed by atoms with E-state index in [9.17, 15) is 19.5 Å². The van der Waals surface area contributed by atoms with Gasteiger partial charge in [-0.1, -0.05) is 24.3 Å². The van der Waals surface area contributed by atoms with Crippen LogP contribution in [0.5, 0.6) is 5.75 Å². The standard InChI is InChI=1S/C48H55FN10O5/c1-64-36-22-33(26-57(27-36)41-24-40(53-54-44(41)50)37-4-2-3-5-42(37)60)30-6-10-32(11-7-30)46(62)56-20-15-48(49,16-21-56)29-55-17-12-34(13-18-55)59-28-39(31-8-9-31)38-23-35(25-51-45(38)59)58-19-14-43(61)52-47(58)63/h2-7,10-11,23-25,28,31,33-34,36,60H,8-9,12-22,26-27,29H2,1H3,(H2,50,54)(H,52,61,63)/t33-,36+/m0/s1. The number of nitrogens with two attached hydrogens (primary N) is 1. The van der Waals surface area contributed by atoms with Crippen molar-refractivity contribution >= 4 is 46.1 Å². The number of phenolic OH excluding ortho intramolecular Hbond substituents is 1. The number of alkyl halides is 1. The first kappa shape index (κ1) is 41.9. The molecule has 3 aromatic heterocycles. The molecule has 1 aliphatic carbocycles. The van der Waals surface area contributed by atoms with Gasteiger partial charge in [-0.3, -0.25) is 19.8 Å². The average molecular weight is 871 g/mol. The number of carbonyl (C=O) groups excluding carboxylic acids is 3. The van der Waals surface area contributed by atoms with E-state index in [0.29, 0.717) is 86.4 Å². The number of para-hydroxylation sites is 1. The molecule has 5 fully saturated rings. The number of nitrogen functional groups attached to an aromatic ring is 1. The van der Waals surface area contributed by atoms with Crippen molar-refractivity contribution in [1.29, 1.82) is 0 Å². The van der Waals surface area contributed by atoms with Gasteiger partial charge in [0.2, 0.25) is 5.91 Å². The van der Waals surface area contributed by atoms with Gasteiger partial charge in [-0.25, -0.2) is 14.2 Å². The van der Waals surface area contributed by atoms with Gasteiger partial charge in [0.1, 0.15) is 17.1 Å². The van der Waals surface area contributed by atoms with Crippen LogP contribution >= 0.6 is 0 Å². The largest absolute Gasteiger partial charge is 0.507 e. The van der Waals surface area contributed by atoms with Crippen LogP contribution in [-0.4, -0.2) is 124 Å². The van der Waals surface area contributed by atoms with Gasteiger partial charge in [0.15, 0.2) is 5.82 Å². The number of anilines is 3. The predicted octanol–water partition coefficient (Wildman–Crippen LogP) is 6.40. The Morgan fingerprint density at radius 1 is 0.953 bits per heavy atom. The summed E-state index contributed by atoms with van der Waals surface area (Å²) < 4.78 is 24.7. The number of urea groups is 1. The van der Waals surface area contributed by atoms with Crippen molar-refractivity contribution in [3.8, 4) is 17.0 Å². The molecule has 7 heterocycles. The minimum absolute atomic E-state index is 0.0681. The fraction of sp³-hybridized carbons (Fsp3) is 0.458. The van der Waals surface area contributed by atoms with Gasteiger partial charge >= 0.3 is 6.03 Å². The van der Waals surface area contributed by atoms with Gasteiger partial charge in [-0.15, -0.1) is 10.2 Å². The number of fused-ring (bicyclic) bond motifs is 1. The number of hydrogen-bond donors (Lipinski definition) is 3. The second-order valence-corrected chi connectivity index (χ2v) is 18.4. The van der Waals surface area contributed by atoms with E-state index in [0.717, 1.165) is 67.5 Å². The predicted molar refractivity (Wildman–Crippen MR) is 241 cm³/mol. The summed E-state index contributed by atoms with van der Waals surface area (Å²) >= 11 is 0. The number of carbonyl (C=O) groups is 3. The van der Waals surface area contributed by atoms with Gasteiger partial charge in [-0.2, -0.15) is 0 Å². The molecule has 334 valence electrons. The Morgan fingerprint density at radius 3 is 2.44 bits per heavy atom. The number of hydrogen-bond acceptors (Lipinski definition) is 11. The van der Waals surface area contributed by atoms with Crippen LogP contribution in [0.2, 0.25) is 0 Å². The number of ether oxygens (including phenoxy) is 1. The quantitative estimate of drug-likeness (QED) is 0.142. The number of piperidine rings is 3. The molecule has 10 rings (SSSR count). The first-order valence-corrected chi connectivity index (χ1v) is 22.6. The normalized spacial score (nSPS) is 22.2. The summed E-state index contributed by atoms with van der Waals surface area (Å²) in [5.41, 5.74) is 11.4. The Hall–Kier alpha value is -6.13. The van der Waals surface area contributed by atoms with Crippen molar-refractivity contribution in [3.05, 3.63) is 89.7 Å². The number of halogens is 1. The van der Waals surface area contributed by atoms with Crippen LogP contribution < -0.4 is 20.9 Å². The fourth-order valence-corrected chi connectivity index (χ4v) is 10.3. The maximum atomic E-state index is 16.5. The molecule has 4 amide bonds. The Balaban J connectivity index is 0.739. The third-order valence-corrected chi connectivity index (χ3v) is 14.2. The van der Waals surface area contributed by atoms with E-state index < -0.39 is 11.7 Å². The molecule has 2 atom stereocenters.